The van der Waals surface area contributed by atoms with E-state index in [1.807, 2.05) is 11.6 Å². The predicted molar refractivity (Wildman–Crippen MR) is 92.3 cm³/mol. The second kappa shape index (κ2) is 6.76. The fourth-order valence-electron chi connectivity index (χ4n) is 2.50. The maximum atomic E-state index is 12.5. The number of anilines is 1. The molecule has 3 rings (SSSR count). The minimum Gasteiger partial charge on any atom is -0.322 e. The zero-order valence-corrected chi connectivity index (χ0v) is 14.2. The van der Waals surface area contributed by atoms with Gasteiger partial charge >= 0.3 is 5.76 Å². The Bertz CT molecular complexity index is 951. The lowest BCUT2D eigenvalue weighted by atomic mass is 10.1. The lowest BCUT2D eigenvalue weighted by Gasteiger charge is -2.09. The van der Waals surface area contributed by atoms with Crippen molar-refractivity contribution in [3.63, 3.8) is 0 Å². The SMILES string of the molecule is Cc1c(C(=O)Nc2cccc(-c3noc(=O)[nH]3)c2)cnn1CC(C)C. The maximum absolute atomic E-state index is 12.5. The molecule has 25 heavy (non-hydrogen) atoms. The minimum atomic E-state index is -0.627. The van der Waals surface area contributed by atoms with Crippen LogP contribution in [0.2, 0.25) is 0 Å². The van der Waals surface area contributed by atoms with Gasteiger partial charge in [-0.15, -0.1) is 0 Å². The second-order valence-electron chi connectivity index (χ2n) is 6.20. The van der Waals surface area contributed by atoms with E-state index >= 15 is 0 Å². The van der Waals surface area contributed by atoms with E-state index in [-0.39, 0.29) is 5.91 Å². The summed E-state index contributed by atoms with van der Waals surface area (Å²) in [6, 6.07) is 6.98. The molecule has 130 valence electrons. The van der Waals surface area contributed by atoms with E-state index in [9.17, 15) is 9.59 Å². The Labute approximate surface area is 143 Å². The summed E-state index contributed by atoms with van der Waals surface area (Å²) in [6.07, 6.45) is 1.58. The largest absolute Gasteiger partial charge is 0.439 e. The number of carbonyl (C=O) groups is 1. The Kier molecular flexibility index (Phi) is 4.51. The number of hydrogen-bond acceptors (Lipinski definition) is 5. The summed E-state index contributed by atoms with van der Waals surface area (Å²) in [4.78, 5) is 26.1. The van der Waals surface area contributed by atoms with Gasteiger partial charge in [-0.25, -0.2) is 4.79 Å². The molecule has 2 aromatic heterocycles. The molecular weight excluding hydrogens is 322 g/mol. The molecule has 8 nitrogen and oxygen atoms in total. The highest BCUT2D eigenvalue weighted by atomic mass is 16.5. The molecule has 0 spiro atoms. The monoisotopic (exact) mass is 341 g/mol. The lowest BCUT2D eigenvalue weighted by molar-refractivity contribution is 0.102. The molecule has 1 amide bonds. The highest BCUT2D eigenvalue weighted by Gasteiger charge is 2.15. The molecule has 1 aromatic carbocycles. The van der Waals surface area contributed by atoms with Gasteiger partial charge in [0, 0.05) is 23.5 Å². The Morgan fingerprint density at radius 1 is 1.40 bits per heavy atom. The molecule has 3 aromatic rings. The fraction of sp³-hybridized carbons (Fsp3) is 0.294. The number of aromatic amines is 1. The van der Waals surface area contributed by atoms with Crippen LogP contribution in [0.1, 0.15) is 29.9 Å². The van der Waals surface area contributed by atoms with Crippen molar-refractivity contribution in [2.45, 2.75) is 27.3 Å². The average Bonchev–Trinajstić information content (AvgIpc) is 3.14. The van der Waals surface area contributed by atoms with Gasteiger partial charge in [-0.3, -0.25) is 19.0 Å². The third kappa shape index (κ3) is 3.68. The number of benzene rings is 1. The first-order chi connectivity index (χ1) is 11.9. The van der Waals surface area contributed by atoms with Crippen LogP contribution in [-0.2, 0) is 6.54 Å². The molecule has 0 radical (unpaired) electrons. The normalized spacial score (nSPS) is 11.0. The second-order valence-corrected chi connectivity index (χ2v) is 6.20. The van der Waals surface area contributed by atoms with Crippen LogP contribution in [0.25, 0.3) is 11.4 Å². The van der Waals surface area contributed by atoms with E-state index in [0.717, 1.165) is 12.2 Å². The van der Waals surface area contributed by atoms with Gasteiger partial charge in [0.2, 0.25) is 0 Å². The highest BCUT2D eigenvalue weighted by Crippen LogP contribution is 2.19. The van der Waals surface area contributed by atoms with E-state index in [4.69, 9.17) is 0 Å². The summed E-state index contributed by atoms with van der Waals surface area (Å²) in [6.45, 7) is 6.83. The van der Waals surface area contributed by atoms with Gasteiger partial charge in [-0.2, -0.15) is 5.10 Å². The van der Waals surface area contributed by atoms with Crippen LogP contribution >= 0.6 is 0 Å². The van der Waals surface area contributed by atoms with Crippen molar-refractivity contribution in [1.82, 2.24) is 19.9 Å². The quantitative estimate of drug-likeness (QED) is 0.741. The van der Waals surface area contributed by atoms with Crippen LogP contribution < -0.4 is 11.1 Å². The zero-order valence-electron chi connectivity index (χ0n) is 14.2. The van der Waals surface area contributed by atoms with Crippen molar-refractivity contribution in [2.24, 2.45) is 5.92 Å². The third-order valence-corrected chi connectivity index (χ3v) is 3.72. The number of nitrogens with zero attached hydrogens (tertiary/aromatic N) is 3. The smallest absolute Gasteiger partial charge is 0.322 e. The van der Waals surface area contributed by atoms with Gasteiger partial charge in [-0.05, 0) is 25.0 Å². The van der Waals surface area contributed by atoms with E-state index in [1.54, 1.807) is 30.5 Å². The van der Waals surface area contributed by atoms with Crippen molar-refractivity contribution in [2.75, 3.05) is 5.32 Å². The van der Waals surface area contributed by atoms with Crippen LogP contribution in [0.15, 0.2) is 39.8 Å². The van der Waals surface area contributed by atoms with Crippen LogP contribution in [0.4, 0.5) is 5.69 Å². The molecule has 0 aliphatic heterocycles. The molecule has 0 unspecified atom stereocenters. The van der Waals surface area contributed by atoms with Crippen LogP contribution in [0.3, 0.4) is 0 Å². The molecule has 2 heterocycles. The van der Waals surface area contributed by atoms with Gasteiger partial charge in [-0.1, -0.05) is 31.1 Å². The van der Waals surface area contributed by atoms with Crippen molar-refractivity contribution in [3.8, 4) is 11.4 Å². The zero-order chi connectivity index (χ0) is 18.0. The van der Waals surface area contributed by atoms with Crippen LogP contribution in [0.5, 0.6) is 0 Å². The molecule has 0 atom stereocenters. The number of nitrogens with one attached hydrogen (secondary N) is 2. The summed E-state index contributed by atoms with van der Waals surface area (Å²) in [7, 11) is 0. The summed E-state index contributed by atoms with van der Waals surface area (Å²) in [5.74, 6) is -0.117. The van der Waals surface area contributed by atoms with E-state index in [0.29, 0.717) is 28.6 Å². The molecular formula is C17H19N5O3. The predicted octanol–water partition coefficient (Wildman–Crippen LogP) is 2.44. The van der Waals surface area contributed by atoms with Gasteiger partial charge in [0.25, 0.3) is 5.91 Å². The van der Waals surface area contributed by atoms with Crippen molar-refractivity contribution >= 4 is 11.6 Å². The Morgan fingerprint density at radius 2 is 2.20 bits per heavy atom. The molecule has 8 heteroatoms. The summed E-state index contributed by atoms with van der Waals surface area (Å²) in [5.41, 5.74) is 2.57. The minimum absolute atomic E-state index is 0.238. The standard InChI is InChI=1S/C17H19N5O3/c1-10(2)9-22-11(3)14(8-18-22)16(23)19-13-6-4-5-12(7-13)15-20-17(24)25-21-15/h4-8,10H,9H2,1-3H3,(H,19,23)(H,20,21,24). The topological polar surface area (TPSA) is 106 Å². The Balaban J connectivity index is 1.80. The molecule has 2 N–H and O–H groups in total. The first kappa shape index (κ1) is 16.7. The first-order valence-corrected chi connectivity index (χ1v) is 7.94. The van der Waals surface area contributed by atoms with Gasteiger partial charge in [0.15, 0.2) is 5.82 Å². The van der Waals surface area contributed by atoms with Crippen molar-refractivity contribution in [3.05, 3.63) is 52.3 Å². The molecule has 0 fully saturated rings. The number of rotatable bonds is 5. The lowest BCUT2D eigenvalue weighted by Crippen LogP contribution is -2.14. The summed E-state index contributed by atoms with van der Waals surface area (Å²) < 4.78 is 6.33. The third-order valence-electron chi connectivity index (χ3n) is 3.72. The van der Waals surface area contributed by atoms with Gasteiger partial charge < -0.3 is 5.32 Å². The molecule has 0 aliphatic carbocycles. The number of aromatic nitrogens is 4. The first-order valence-electron chi connectivity index (χ1n) is 7.94. The highest BCUT2D eigenvalue weighted by molar-refractivity contribution is 6.05. The molecule has 0 bridgehead atoms. The van der Waals surface area contributed by atoms with Crippen molar-refractivity contribution in [1.29, 1.82) is 0 Å². The van der Waals surface area contributed by atoms with Crippen LogP contribution in [0, 0.1) is 12.8 Å². The fourth-order valence-corrected chi connectivity index (χ4v) is 2.50. The number of carbonyl (C=O) groups excluding carboxylic acids is 1. The number of hydrogen-bond donors (Lipinski definition) is 2. The number of amides is 1. The Hall–Kier alpha value is -3.16. The van der Waals surface area contributed by atoms with Gasteiger partial charge in [0.05, 0.1) is 11.8 Å². The van der Waals surface area contributed by atoms with Crippen molar-refractivity contribution < 1.29 is 9.32 Å². The average molecular weight is 341 g/mol. The summed E-state index contributed by atoms with van der Waals surface area (Å²) >= 11 is 0. The van der Waals surface area contributed by atoms with E-state index in [2.05, 4.69) is 38.9 Å². The molecule has 0 aliphatic rings. The van der Waals surface area contributed by atoms with E-state index in [1.165, 1.54) is 0 Å². The van der Waals surface area contributed by atoms with Crippen LogP contribution in [-0.4, -0.2) is 25.8 Å². The molecule has 0 saturated carbocycles. The Morgan fingerprint density at radius 3 is 2.88 bits per heavy atom. The van der Waals surface area contributed by atoms with Gasteiger partial charge in [0.1, 0.15) is 0 Å². The van der Waals surface area contributed by atoms with E-state index < -0.39 is 5.76 Å². The molecule has 0 saturated heterocycles. The summed E-state index contributed by atoms with van der Waals surface area (Å²) in [5, 5.41) is 10.8. The maximum Gasteiger partial charge on any atom is 0.439 e. The number of H-pyrrole nitrogens is 1.